The third kappa shape index (κ3) is 0.877. The van der Waals surface area contributed by atoms with E-state index in [-0.39, 0.29) is 0 Å². The molecule has 0 saturated heterocycles. The van der Waals surface area contributed by atoms with Crippen molar-refractivity contribution in [1.29, 1.82) is 0 Å². The highest BCUT2D eigenvalue weighted by Crippen LogP contribution is 2.58. The second kappa shape index (κ2) is 2.87. The van der Waals surface area contributed by atoms with E-state index in [1.165, 1.54) is 0 Å². The summed E-state index contributed by atoms with van der Waals surface area (Å²) in [4.78, 5) is 25.5. The van der Waals surface area contributed by atoms with Gasteiger partial charge in [0.15, 0.2) is 11.6 Å². The van der Waals surface area contributed by atoms with Gasteiger partial charge in [-0.05, 0) is 62.2 Å². The number of hydrogen-bond donors (Lipinski definition) is 0. The van der Waals surface area contributed by atoms with Crippen LogP contribution in [-0.4, -0.2) is 11.6 Å². The number of carbonyl (C=O) groups excluding carboxylic acids is 2. The standard InChI is InChI=1S/C16H16O2/c17-15-11-7-1-2-8(5-7)12(11)16(18)14-10-4-3-9(6-10)13(14)15/h7-10H,1-6H2/t7-,8+,9+,10-/i17+2,18+2. The molecule has 92 valence electrons. The molecule has 0 aromatic rings. The molecule has 0 aliphatic heterocycles. The fraction of sp³-hybridized carbons (Fsp3) is 0.625. The van der Waals surface area contributed by atoms with Gasteiger partial charge in [-0.3, -0.25) is 9.59 Å². The van der Waals surface area contributed by atoms with Crippen LogP contribution in [0.4, 0.5) is 0 Å². The van der Waals surface area contributed by atoms with Crippen molar-refractivity contribution in [1.82, 2.24) is 0 Å². The van der Waals surface area contributed by atoms with Crippen molar-refractivity contribution in [3.8, 4) is 0 Å². The van der Waals surface area contributed by atoms with E-state index in [0.717, 1.165) is 60.8 Å². The van der Waals surface area contributed by atoms with E-state index in [1.807, 2.05) is 0 Å². The number of Topliss-reactive ketones (excluding diaryl/α,β-unsaturated/α-hetero) is 2. The van der Waals surface area contributed by atoms with E-state index in [9.17, 15) is 9.59 Å². The van der Waals surface area contributed by atoms with Gasteiger partial charge in [0.25, 0.3) is 0 Å². The number of ketones is 2. The van der Waals surface area contributed by atoms with Crippen molar-refractivity contribution in [3.63, 3.8) is 0 Å². The molecule has 0 amide bonds. The second-order valence-electron chi connectivity index (χ2n) is 6.73. The largest absolute Gasteiger partial charge is 0.289 e. The van der Waals surface area contributed by atoms with Gasteiger partial charge in [0.05, 0.1) is 0 Å². The quantitative estimate of drug-likeness (QED) is 0.485. The third-order valence-corrected chi connectivity index (χ3v) is 6.06. The van der Waals surface area contributed by atoms with Crippen LogP contribution in [0.15, 0.2) is 22.3 Å². The van der Waals surface area contributed by atoms with Crippen LogP contribution < -0.4 is 0 Å². The lowest BCUT2D eigenvalue weighted by molar-refractivity contribution is -0.117. The Bertz CT molecular complexity index is 482. The van der Waals surface area contributed by atoms with Gasteiger partial charge in [-0.25, -0.2) is 0 Å². The van der Waals surface area contributed by atoms with E-state index < -0.39 is 0 Å². The summed E-state index contributed by atoms with van der Waals surface area (Å²) in [6.45, 7) is 0. The lowest BCUT2D eigenvalue weighted by Gasteiger charge is -2.28. The Morgan fingerprint density at radius 2 is 0.833 bits per heavy atom. The van der Waals surface area contributed by atoms with Gasteiger partial charge in [0.2, 0.25) is 0 Å². The van der Waals surface area contributed by atoms with Gasteiger partial charge in [0.1, 0.15) is 0 Å². The first kappa shape index (κ1) is 9.71. The summed E-state index contributed by atoms with van der Waals surface area (Å²) in [6.07, 6.45) is 6.72. The lowest BCUT2D eigenvalue weighted by atomic mass is 9.73. The predicted octanol–water partition coefficient (Wildman–Crippen LogP) is 2.59. The summed E-state index contributed by atoms with van der Waals surface area (Å²) in [5.41, 5.74) is 3.84. The molecule has 4 bridgehead atoms. The molecular formula is C16H16O2. The Morgan fingerprint density at radius 1 is 0.556 bits per heavy atom. The zero-order valence-corrected chi connectivity index (χ0v) is 10.4. The summed E-state index contributed by atoms with van der Waals surface area (Å²) < 4.78 is 0. The summed E-state index contributed by atoms with van der Waals surface area (Å²) in [5, 5.41) is 0. The fourth-order valence-corrected chi connectivity index (χ4v) is 5.41. The Morgan fingerprint density at radius 3 is 1.11 bits per heavy atom. The van der Waals surface area contributed by atoms with Gasteiger partial charge in [-0.15, -0.1) is 0 Å². The minimum atomic E-state index is 0.291. The van der Waals surface area contributed by atoms with Crippen LogP contribution in [-0.2, 0) is 9.59 Å². The summed E-state index contributed by atoms with van der Waals surface area (Å²) in [5.74, 6) is 2.28. The molecule has 0 radical (unpaired) electrons. The van der Waals surface area contributed by atoms with Crippen LogP contribution in [0.25, 0.3) is 0 Å². The van der Waals surface area contributed by atoms with Gasteiger partial charge in [-0.1, -0.05) is 0 Å². The van der Waals surface area contributed by atoms with E-state index in [0.29, 0.717) is 35.2 Å². The van der Waals surface area contributed by atoms with Crippen molar-refractivity contribution in [2.24, 2.45) is 23.7 Å². The maximum absolute atomic E-state index is 12.7. The van der Waals surface area contributed by atoms with Crippen LogP contribution >= 0.6 is 0 Å². The highest BCUT2D eigenvalue weighted by atomic mass is 18.1. The predicted molar refractivity (Wildman–Crippen MR) is 65.7 cm³/mol. The van der Waals surface area contributed by atoms with Crippen LogP contribution in [0, 0.1) is 23.7 Å². The number of rotatable bonds is 0. The number of carbonyl (C=O) groups is 2. The molecule has 0 aromatic carbocycles. The topological polar surface area (TPSA) is 34.1 Å². The number of allylic oxidation sites excluding steroid dienone is 4. The molecule has 0 unspecified atom stereocenters. The van der Waals surface area contributed by atoms with Gasteiger partial charge >= 0.3 is 0 Å². The zero-order valence-electron chi connectivity index (χ0n) is 10.4. The van der Waals surface area contributed by atoms with Crippen molar-refractivity contribution < 1.29 is 9.59 Å². The molecule has 4 atom stereocenters. The lowest BCUT2D eigenvalue weighted by Crippen LogP contribution is -2.30. The first-order valence-corrected chi connectivity index (χ1v) is 7.33. The zero-order chi connectivity index (χ0) is 12.0. The summed E-state index contributed by atoms with van der Waals surface area (Å²) in [6, 6.07) is 0. The first-order chi connectivity index (χ1) is 8.75. The SMILES string of the molecule is [18O]=C1C2=C(C(=[18O])C3=C1[C@H]1CC[C@@H]3C1)[C@H]1CC[C@@H]2C1. The molecule has 0 heterocycles. The molecule has 5 rings (SSSR count). The van der Waals surface area contributed by atoms with Crippen LogP contribution in [0.1, 0.15) is 38.5 Å². The Labute approximate surface area is 106 Å². The van der Waals surface area contributed by atoms with E-state index in [2.05, 4.69) is 0 Å². The summed E-state index contributed by atoms with van der Waals surface area (Å²) >= 11 is 0. The third-order valence-electron chi connectivity index (χ3n) is 6.06. The molecule has 2 heteroatoms. The van der Waals surface area contributed by atoms with Crippen LogP contribution in [0.3, 0.4) is 0 Å². The average Bonchev–Trinajstić information content (AvgIpc) is 3.10. The van der Waals surface area contributed by atoms with Gasteiger partial charge in [0, 0.05) is 22.3 Å². The molecule has 18 heavy (non-hydrogen) atoms. The van der Waals surface area contributed by atoms with Crippen molar-refractivity contribution in [3.05, 3.63) is 22.3 Å². The molecule has 0 spiro atoms. The Kier molecular flexibility index (Phi) is 1.55. The number of hydrogen-bond acceptors (Lipinski definition) is 2. The maximum Gasteiger partial charge on any atom is 0.186 e. The Balaban J connectivity index is 1.73. The minimum absolute atomic E-state index is 0.291. The molecule has 2 fully saturated rings. The van der Waals surface area contributed by atoms with E-state index in [1.54, 1.807) is 0 Å². The highest BCUT2D eigenvalue weighted by molar-refractivity contribution is 6.27. The minimum Gasteiger partial charge on any atom is -0.289 e. The highest BCUT2D eigenvalue weighted by Gasteiger charge is 2.54. The smallest absolute Gasteiger partial charge is 0.186 e. The monoisotopic (exact) mass is 244 g/mol. The molecule has 2 saturated carbocycles. The average molecular weight is 244 g/mol. The van der Waals surface area contributed by atoms with Crippen molar-refractivity contribution in [2.75, 3.05) is 0 Å². The molecule has 0 aromatic heterocycles. The molecule has 5 aliphatic carbocycles. The van der Waals surface area contributed by atoms with Crippen molar-refractivity contribution >= 4 is 11.6 Å². The Hall–Kier alpha value is -1.18. The van der Waals surface area contributed by atoms with Crippen LogP contribution in [0.5, 0.6) is 0 Å². The van der Waals surface area contributed by atoms with E-state index in [4.69, 9.17) is 0 Å². The van der Waals surface area contributed by atoms with E-state index >= 15 is 0 Å². The molecule has 0 N–H and O–H groups in total. The summed E-state index contributed by atoms with van der Waals surface area (Å²) in [7, 11) is 0. The number of fused-ring (bicyclic) bond motifs is 8. The molecule has 5 aliphatic rings. The molecule has 2 nitrogen and oxygen atoms in total. The van der Waals surface area contributed by atoms with Crippen LogP contribution in [0.2, 0.25) is 0 Å². The van der Waals surface area contributed by atoms with Gasteiger partial charge in [-0.2, -0.15) is 0 Å². The fourth-order valence-electron chi connectivity index (χ4n) is 5.41. The maximum atomic E-state index is 12.7. The van der Waals surface area contributed by atoms with Crippen molar-refractivity contribution in [2.45, 2.75) is 38.5 Å². The first-order valence-electron chi connectivity index (χ1n) is 7.33. The van der Waals surface area contributed by atoms with Gasteiger partial charge < -0.3 is 0 Å². The molecular weight excluding hydrogens is 228 g/mol. The normalized spacial score (nSPS) is 44.2. The second-order valence-corrected chi connectivity index (χ2v) is 6.73.